The van der Waals surface area contributed by atoms with Gasteiger partial charge in [-0.2, -0.15) is 0 Å². The summed E-state index contributed by atoms with van der Waals surface area (Å²) in [6, 6.07) is 0. The highest BCUT2D eigenvalue weighted by molar-refractivity contribution is 4.79. The molecule has 1 unspecified atom stereocenters. The molecule has 2 heteroatoms. The van der Waals surface area contributed by atoms with E-state index in [1.165, 1.54) is 0 Å². The Bertz CT molecular complexity index is 137. The van der Waals surface area contributed by atoms with E-state index >= 15 is 0 Å². The standard InChI is InChI=1S/C10H18F2/c1-3-8-5-4-6-9(7-8)10(2,11)12/h8-9H,3-7H2,1-2H3/t8-,9?/m1/s1. The second-order valence-corrected chi connectivity index (χ2v) is 4.09. The molecule has 1 aliphatic rings. The predicted octanol–water partition coefficient (Wildman–Crippen LogP) is 3.86. The lowest BCUT2D eigenvalue weighted by atomic mass is 9.78. The molecule has 1 fully saturated rings. The molecule has 1 saturated carbocycles. The van der Waals surface area contributed by atoms with Crippen molar-refractivity contribution in [1.29, 1.82) is 0 Å². The number of hydrogen-bond acceptors (Lipinski definition) is 0. The molecular formula is C10H18F2. The molecular weight excluding hydrogens is 158 g/mol. The monoisotopic (exact) mass is 176 g/mol. The Hall–Kier alpha value is -0.140. The molecule has 1 aliphatic carbocycles. The summed E-state index contributed by atoms with van der Waals surface area (Å²) in [6.07, 6.45) is 4.67. The molecule has 2 atom stereocenters. The van der Waals surface area contributed by atoms with Crippen molar-refractivity contribution in [3.63, 3.8) is 0 Å². The van der Waals surface area contributed by atoms with Gasteiger partial charge in [0, 0.05) is 5.92 Å². The molecule has 0 aromatic carbocycles. The molecule has 0 aromatic rings. The van der Waals surface area contributed by atoms with Crippen molar-refractivity contribution in [2.24, 2.45) is 11.8 Å². The van der Waals surface area contributed by atoms with Gasteiger partial charge < -0.3 is 0 Å². The summed E-state index contributed by atoms with van der Waals surface area (Å²) in [7, 11) is 0. The molecule has 0 aromatic heterocycles. The molecule has 0 saturated heterocycles. The Morgan fingerprint density at radius 3 is 2.50 bits per heavy atom. The molecule has 12 heavy (non-hydrogen) atoms. The second-order valence-electron chi connectivity index (χ2n) is 4.09. The highest BCUT2D eigenvalue weighted by Gasteiger charge is 2.36. The SMILES string of the molecule is CC[C@@H]1CCCC(C(C)(F)F)C1. The average Bonchev–Trinajstić information content (AvgIpc) is 2.03. The van der Waals surface area contributed by atoms with Crippen molar-refractivity contribution in [3.05, 3.63) is 0 Å². The molecule has 0 radical (unpaired) electrons. The zero-order valence-corrected chi connectivity index (χ0v) is 7.95. The van der Waals surface area contributed by atoms with E-state index in [0.29, 0.717) is 5.92 Å². The summed E-state index contributed by atoms with van der Waals surface area (Å²) < 4.78 is 25.8. The third-order valence-corrected chi connectivity index (χ3v) is 3.08. The van der Waals surface area contributed by atoms with Gasteiger partial charge in [-0.05, 0) is 25.7 Å². The average molecular weight is 176 g/mol. The van der Waals surface area contributed by atoms with Crippen LogP contribution in [-0.2, 0) is 0 Å². The number of halogens is 2. The van der Waals surface area contributed by atoms with Crippen LogP contribution in [0.15, 0.2) is 0 Å². The van der Waals surface area contributed by atoms with E-state index in [9.17, 15) is 8.78 Å². The van der Waals surface area contributed by atoms with Gasteiger partial charge >= 0.3 is 0 Å². The minimum atomic E-state index is -2.45. The van der Waals surface area contributed by atoms with E-state index in [-0.39, 0.29) is 5.92 Å². The molecule has 72 valence electrons. The van der Waals surface area contributed by atoms with Crippen molar-refractivity contribution >= 4 is 0 Å². The van der Waals surface area contributed by atoms with E-state index in [1.807, 2.05) is 0 Å². The lowest BCUT2D eigenvalue weighted by Gasteiger charge is -2.32. The lowest BCUT2D eigenvalue weighted by molar-refractivity contribution is -0.0611. The molecule has 0 nitrogen and oxygen atoms in total. The van der Waals surface area contributed by atoms with Crippen molar-refractivity contribution < 1.29 is 8.78 Å². The van der Waals surface area contributed by atoms with Crippen LogP contribution in [0.2, 0.25) is 0 Å². The summed E-state index contributed by atoms with van der Waals surface area (Å²) >= 11 is 0. The van der Waals surface area contributed by atoms with Crippen LogP contribution in [0.25, 0.3) is 0 Å². The molecule has 0 bridgehead atoms. The number of alkyl halides is 2. The summed E-state index contributed by atoms with van der Waals surface area (Å²) in [5.41, 5.74) is 0. The van der Waals surface area contributed by atoms with Crippen molar-refractivity contribution in [2.45, 2.75) is 51.9 Å². The van der Waals surface area contributed by atoms with Gasteiger partial charge in [-0.15, -0.1) is 0 Å². The van der Waals surface area contributed by atoms with E-state index in [1.54, 1.807) is 0 Å². The van der Waals surface area contributed by atoms with E-state index in [4.69, 9.17) is 0 Å². The Labute approximate surface area is 73.3 Å². The first-order valence-electron chi connectivity index (χ1n) is 4.91. The number of rotatable bonds is 2. The summed E-state index contributed by atoms with van der Waals surface area (Å²) in [5.74, 6) is -2.25. The fourth-order valence-corrected chi connectivity index (χ4v) is 2.12. The largest absolute Gasteiger partial charge is 0.248 e. The smallest absolute Gasteiger partial charge is 0.207 e. The van der Waals surface area contributed by atoms with Gasteiger partial charge in [-0.1, -0.05) is 26.2 Å². The third kappa shape index (κ3) is 2.43. The maximum Gasteiger partial charge on any atom is 0.248 e. The first kappa shape index (κ1) is 9.94. The van der Waals surface area contributed by atoms with Crippen LogP contribution in [0.4, 0.5) is 8.78 Å². The molecule has 0 amide bonds. The quantitative estimate of drug-likeness (QED) is 0.599. The number of hydrogen-bond donors (Lipinski definition) is 0. The summed E-state index contributed by atoms with van der Waals surface area (Å²) in [6.45, 7) is 3.16. The van der Waals surface area contributed by atoms with Crippen LogP contribution in [-0.4, -0.2) is 5.92 Å². The highest BCUT2D eigenvalue weighted by Crippen LogP contribution is 2.39. The summed E-state index contributed by atoms with van der Waals surface area (Å²) in [5, 5.41) is 0. The van der Waals surface area contributed by atoms with Gasteiger partial charge in [-0.25, -0.2) is 8.78 Å². The molecule has 1 rings (SSSR count). The Balaban J connectivity index is 2.46. The van der Waals surface area contributed by atoms with Gasteiger partial charge in [0.05, 0.1) is 0 Å². The Kier molecular flexibility index (Phi) is 3.08. The molecule has 0 aliphatic heterocycles. The van der Waals surface area contributed by atoms with Crippen molar-refractivity contribution in [3.8, 4) is 0 Å². The minimum Gasteiger partial charge on any atom is -0.207 e. The van der Waals surface area contributed by atoms with Crippen LogP contribution < -0.4 is 0 Å². The fourth-order valence-electron chi connectivity index (χ4n) is 2.12. The predicted molar refractivity (Wildman–Crippen MR) is 46.4 cm³/mol. The molecule has 0 spiro atoms. The minimum absolute atomic E-state index is 0.351. The van der Waals surface area contributed by atoms with Gasteiger partial charge in [0.15, 0.2) is 0 Å². The first-order chi connectivity index (χ1) is 5.54. The Morgan fingerprint density at radius 1 is 1.33 bits per heavy atom. The topological polar surface area (TPSA) is 0 Å². The zero-order chi connectivity index (χ0) is 9.19. The van der Waals surface area contributed by atoms with Gasteiger partial charge in [0.1, 0.15) is 0 Å². The van der Waals surface area contributed by atoms with E-state index in [2.05, 4.69) is 6.92 Å². The van der Waals surface area contributed by atoms with Crippen LogP contribution in [0.1, 0.15) is 46.0 Å². The van der Waals surface area contributed by atoms with Gasteiger partial charge in [0.2, 0.25) is 5.92 Å². The fraction of sp³-hybridized carbons (Fsp3) is 1.00. The van der Waals surface area contributed by atoms with Gasteiger partial charge in [-0.3, -0.25) is 0 Å². The van der Waals surface area contributed by atoms with E-state index in [0.717, 1.165) is 39.0 Å². The van der Waals surface area contributed by atoms with Crippen LogP contribution in [0.5, 0.6) is 0 Å². The zero-order valence-electron chi connectivity index (χ0n) is 7.95. The van der Waals surface area contributed by atoms with Crippen LogP contribution in [0.3, 0.4) is 0 Å². The van der Waals surface area contributed by atoms with E-state index < -0.39 is 5.92 Å². The molecule has 0 heterocycles. The van der Waals surface area contributed by atoms with Crippen molar-refractivity contribution in [2.75, 3.05) is 0 Å². The van der Waals surface area contributed by atoms with Crippen molar-refractivity contribution in [1.82, 2.24) is 0 Å². The maximum atomic E-state index is 12.9. The van der Waals surface area contributed by atoms with Crippen LogP contribution >= 0.6 is 0 Å². The highest BCUT2D eigenvalue weighted by atomic mass is 19.3. The third-order valence-electron chi connectivity index (χ3n) is 3.08. The Morgan fingerprint density at radius 2 is 2.00 bits per heavy atom. The maximum absolute atomic E-state index is 12.9. The molecule has 0 N–H and O–H groups in total. The first-order valence-corrected chi connectivity index (χ1v) is 4.91. The summed E-state index contributed by atoms with van der Waals surface area (Å²) in [4.78, 5) is 0. The lowest BCUT2D eigenvalue weighted by Crippen LogP contribution is -2.29. The van der Waals surface area contributed by atoms with Gasteiger partial charge in [0.25, 0.3) is 0 Å². The van der Waals surface area contributed by atoms with Crippen LogP contribution in [0, 0.1) is 11.8 Å². The second kappa shape index (κ2) is 3.71. The normalized spacial score (nSPS) is 32.0.